The number of hydrogen-bond acceptors (Lipinski definition) is 9. The lowest BCUT2D eigenvalue weighted by molar-refractivity contribution is -0.139. The minimum Gasteiger partial charge on any atom is -0.487 e. The average molecular weight is 715 g/mol. The second kappa shape index (κ2) is 14.9. The van der Waals surface area contributed by atoms with Crippen molar-refractivity contribution >= 4 is 39.3 Å². The SMILES string of the molecule is CN[C@@H]1CCN(C(=O)O[C@H]2/C=C/COC(C)(C)C(=O)NS(=O)(=O)c3ccc4c(c3)N(CCCCc3cc(Cl)ccc3CO4)C[C@@H]3CC[C@H]32)C1. The number of nitrogens with one attached hydrogen (secondary N) is 2. The first-order chi connectivity index (χ1) is 23.4. The number of amides is 2. The van der Waals surface area contributed by atoms with Crippen LogP contribution in [0.15, 0.2) is 53.4 Å². The lowest BCUT2D eigenvalue weighted by Gasteiger charge is -2.43. The summed E-state index contributed by atoms with van der Waals surface area (Å²) in [6.07, 6.45) is 8.08. The summed E-state index contributed by atoms with van der Waals surface area (Å²) in [5.74, 6) is -0.0222. The van der Waals surface area contributed by atoms with E-state index in [0.29, 0.717) is 49.2 Å². The van der Waals surface area contributed by atoms with Crippen molar-refractivity contribution < 1.29 is 32.2 Å². The van der Waals surface area contributed by atoms with Gasteiger partial charge in [0.15, 0.2) is 0 Å². The van der Waals surface area contributed by atoms with Gasteiger partial charge in [0.25, 0.3) is 15.9 Å². The zero-order valence-electron chi connectivity index (χ0n) is 28.5. The number of fused-ring (bicyclic) bond motifs is 3. The van der Waals surface area contributed by atoms with E-state index in [2.05, 4.69) is 14.9 Å². The molecule has 0 spiro atoms. The van der Waals surface area contributed by atoms with Crippen LogP contribution in [0.2, 0.25) is 5.02 Å². The molecule has 2 aromatic carbocycles. The highest BCUT2D eigenvalue weighted by Crippen LogP contribution is 2.42. The Morgan fingerprint density at radius 1 is 1.06 bits per heavy atom. The number of sulfonamides is 1. The Hall–Kier alpha value is -3.32. The van der Waals surface area contributed by atoms with E-state index >= 15 is 0 Å². The number of carbonyl (C=O) groups excluding carboxylic acids is 2. The van der Waals surface area contributed by atoms with Crippen LogP contribution in [-0.4, -0.2) is 82.9 Å². The maximum atomic E-state index is 13.6. The molecule has 2 fully saturated rings. The second-order valence-corrected chi connectivity index (χ2v) is 16.1. The number of ether oxygens (including phenoxy) is 3. The zero-order valence-corrected chi connectivity index (χ0v) is 30.0. The van der Waals surface area contributed by atoms with Gasteiger partial charge in [0, 0.05) is 43.2 Å². The van der Waals surface area contributed by atoms with E-state index in [9.17, 15) is 18.0 Å². The number of carbonyl (C=O) groups is 2. The number of likely N-dealkylation sites (N-methyl/N-ethyl adjacent to an activating group) is 1. The molecule has 1 saturated heterocycles. The largest absolute Gasteiger partial charge is 0.487 e. The standard InChI is InChI=1S/C36H47ClN4O7S/c1-36(2)34(42)39-49(44,45)29-12-14-33-31(20-29)40(16-5-4-7-24-19-27(37)11-9-26(24)23-46-33)21-25-10-13-30(25)32(8-6-18-47-36)48-35(43)41-17-15-28(22-41)38-3/h6,8-9,11-12,14,19-20,25,28,30,32,38H,4-5,7,10,13,15-18,21-23H2,1-3H3,(H,39,42)/b8-6+/t25-,28+,30+,32-/m0/s1. The molecule has 2 aromatic rings. The van der Waals surface area contributed by atoms with Gasteiger partial charge >= 0.3 is 6.09 Å². The molecule has 11 nitrogen and oxygen atoms in total. The third kappa shape index (κ3) is 8.19. The lowest BCUT2D eigenvalue weighted by Crippen LogP contribution is -2.47. The van der Waals surface area contributed by atoms with Crippen LogP contribution in [0.3, 0.4) is 0 Å². The van der Waals surface area contributed by atoms with Gasteiger partial charge in [-0.25, -0.2) is 17.9 Å². The van der Waals surface area contributed by atoms with E-state index in [1.807, 2.05) is 31.3 Å². The Bertz CT molecular complexity index is 1680. The van der Waals surface area contributed by atoms with E-state index in [1.54, 1.807) is 23.1 Å². The number of benzene rings is 2. The highest BCUT2D eigenvalue weighted by Gasteiger charge is 2.41. The van der Waals surface area contributed by atoms with Crippen molar-refractivity contribution in [2.75, 3.05) is 44.7 Å². The predicted molar refractivity (Wildman–Crippen MR) is 187 cm³/mol. The number of hydrogen-bond donors (Lipinski definition) is 2. The van der Waals surface area contributed by atoms with Gasteiger partial charge in [0.05, 0.1) is 17.2 Å². The molecular formula is C36H47ClN4O7S. The molecule has 3 heterocycles. The first kappa shape index (κ1) is 35.5. The number of aryl methyl sites for hydroxylation is 1. The van der Waals surface area contributed by atoms with Crippen LogP contribution >= 0.6 is 11.6 Å². The molecule has 4 aliphatic rings. The summed E-state index contributed by atoms with van der Waals surface area (Å²) >= 11 is 6.35. The maximum absolute atomic E-state index is 13.6. The van der Waals surface area contributed by atoms with Crippen LogP contribution in [0.25, 0.3) is 0 Å². The zero-order chi connectivity index (χ0) is 34.8. The van der Waals surface area contributed by atoms with Crippen molar-refractivity contribution in [2.45, 2.75) is 81.6 Å². The summed E-state index contributed by atoms with van der Waals surface area (Å²) in [7, 11) is -2.34. The average Bonchev–Trinajstić information content (AvgIpc) is 3.53. The minimum absolute atomic E-state index is 0.0351. The predicted octanol–water partition coefficient (Wildman–Crippen LogP) is 5.06. The molecule has 2 amide bonds. The van der Waals surface area contributed by atoms with Gasteiger partial charge in [0.2, 0.25) is 0 Å². The molecule has 1 saturated carbocycles. The van der Waals surface area contributed by atoms with E-state index in [4.69, 9.17) is 25.8 Å². The molecule has 2 N–H and O–H groups in total. The molecule has 0 radical (unpaired) electrons. The fourth-order valence-corrected chi connectivity index (χ4v) is 8.38. The summed E-state index contributed by atoms with van der Waals surface area (Å²) in [6, 6.07) is 10.8. The summed E-state index contributed by atoms with van der Waals surface area (Å²) in [6.45, 7) is 5.88. The van der Waals surface area contributed by atoms with Crippen LogP contribution in [0.5, 0.6) is 5.75 Å². The Kier molecular flexibility index (Phi) is 10.8. The Labute approximate surface area is 294 Å². The first-order valence-corrected chi connectivity index (χ1v) is 19.1. The monoisotopic (exact) mass is 714 g/mol. The number of likely N-dealkylation sites (tertiary alicyclic amines) is 1. The summed E-state index contributed by atoms with van der Waals surface area (Å²) in [5.41, 5.74) is 1.34. The molecule has 2 bridgehead atoms. The topological polar surface area (TPSA) is 127 Å². The Morgan fingerprint density at radius 2 is 1.90 bits per heavy atom. The molecule has 6 rings (SSSR count). The molecule has 266 valence electrons. The van der Waals surface area contributed by atoms with Crippen molar-refractivity contribution in [3.8, 4) is 5.75 Å². The molecule has 0 unspecified atom stereocenters. The van der Waals surface area contributed by atoms with Gasteiger partial charge in [-0.15, -0.1) is 0 Å². The smallest absolute Gasteiger partial charge is 0.410 e. The van der Waals surface area contributed by atoms with Gasteiger partial charge < -0.3 is 29.3 Å². The normalized spacial score (nSPS) is 27.6. The number of rotatable bonds is 2. The van der Waals surface area contributed by atoms with Crippen molar-refractivity contribution in [3.05, 3.63) is 64.7 Å². The lowest BCUT2D eigenvalue weighted by atomic mass is 9.70. The van der Waals surface area contributed by atoms with Crippen LogP contribution in [0.1, 0.15) is 57.1 Å². The Balaban J connectivity index is 1.35. The maximum Gasteiger partial charge on any atom is 0.410 e. The van der Waals surface area contributed by atoms with Crippen molar-refractivity contribution in [3.63, 3.8) is 0 Å². The summed E-state index contributed by atoms with van der Waals surface area (Å²) in [4.78, 5) is 30.5. The van der Waals surface area contributed by atoms with Gasteiger partial charge in [-0.2, -0.15) is 0 Å². The van der Waals surface area contributed by atoms with E-state index in [1.165, 1.54) is 19.9 Å². The van der Waals surface area contributed by atoms with E-state index in [-0.39, 0.29) is 35.5 Å². The van der Waals surface area contributed by atoms with E-state index < -0.39 is 27.6 Å². The van der Waals surface area contributed by atoms with Gasteiger partial charge in [-0.3, -0.25) is 4.79 Å². The molecule has 4 atom stereocenters. The van der Waals surface area contributed by atoms with Crippen molar-refractivity contribution in [1.82, 2.24) is 14.9 Å². The molecule has 49 heavy (non-hydrogen) atoms. The molecule has 13 heteroatoms. The fraction of sp³-hybridized carbons (Fsp3) is 0.556. The third-order valence-corrected chi connectivity index (χ3v) is 11.9. The fourth-order valence-electron chi connectivity index (χ4n) is 7.06. The summed E-state index contributed by atoms with van der Waals surface area (Å²) < 4.78 is 47.9. The number of halogens is 1. The van der Waals surface area contributed by atoms with Crippen LogP contribution in [-0.2, 0) is 37.3 Å². The molecule has 0 aromatic heterocycles. The van der Waals surface area contributed by atoms with Crippen LogP contribution < -0.4 is 19.7 Å². The Morgan fingerprint density at radius 3 is 2.65 bits per heavy atom. The van der Waals surface area contributed by atoms with Gasteiger partial charge in [0.1, 0.15) is 24.1 Å². The minimum atomic E-state index is -4.24. The van der Waals surface area contributed by atoms with Crippen molar-refractivity contribution in [2.24, 2.45) is 11.8 Å². The van der Waals surface area contributed by atoms with Gasteiger partial charge in [-0.1, -0.05) is 23.7 Å². The molecule has 1 aliphatic carbocycles. The number of nitrogens with zero attached hydrogens (tertiary/aromatic N) is 2. The summed E-state index contributed by atoms with van der Waals surface area (Å²) in [5, 5.41) is 3.92. The first-order valence-electron chi connectivity index (χ1n) is 17.2. The van der Waals surface area contributed by atoms with Crippen LogP contribution in [0, 0.1) is 11.8 Å². The van der Waals surface area contributed by atoms with Gasteiger partial charge in [-0.05, 0) is 113 Å². The second-order valence-electron chi connectivity index (χ2n) is 14.0. The number of anilines is 1. The molecular weight excluding hydrogens is 668 g/mol. The molecule has 3 aliphatic heterocycles. The third-order valence-electron chi connectivity index (χ3n) is 10.3. The van der Waals surface area contributed by atoms with Crippen molar-refractivity contribution in [1.29, 1.82) is 0 Å². The van der Waals surface area contributed by atoms with Crippen LogP contribution in [0.4, 0.5) is 10.5 Å². The highest BCUT2D eigenvalue weighted by atomic mass is 35.5. The highest BCUT2D eigenvalue weighted by molar-refractivity contribution is 7.90. The quantitative estimate of drug-likeness (QED) is 0.411. The van der Waals surface area contributed by atoms with E-state index in [0.717, 1.165) is 49.7 Å².